The van der Waals surface area contributed by atoms with Gasteiger partial charge in [0.05, 0.1) is 5.56 Å². The number of para-hydroxylation sites is 1. The standard InChI is InChI=1S/C20H17NO2/c1-12(14-11-10-13-6-2-3-7-15(13)14)19-18(20(22)23)16-8-4-5-9-17(16)21-19/h2-9,11-12,21H,10H2,1H3,(H,22,23). The van der Waals surface area contributed by atoms with E-state index in [0.29, 0.717) is 5.56 Å². The molecule has 1 heterocycles. The molecule has 23 heavy (non-hydrogen) atoms. The number of rotatable bonds is 3. The summed E-state index contributed by atoms with van der Waals surface area (Å²) in [5.74, 6) is -0.867. The summed E-state index contributed by atoms with van der Waals surface area (Å²) in [7, 11) is 0. The largest absolute Gasteiger partial charge is 0.478 e. The number of hydrogen-bond acceptors (Lipinski definition) is 1. The Morgan fingerprint density at radius 3 is 2.70 bits per heavy atom. The minimum Gasteiger partial charge on any atom is -0.478 e. The second-order valence-electron chi connectivity index (χ2n) is 6.01. The van der Waals surface area contributed by atoms with Gasteiger partial charge >= 0.3 is 5.97 Å². The number of carbonyl (C=O) groups is 1. The van der Waals surface area contributed by atoms with Crippen LogP contribution in [0.5, 0.6) is 0 Å². The van der Waals surface area contributed by atoms with E-state index >= 15 is 0 Å². The van der Waals surface area contributed by atoms with Crippen molar-refractivity contribution in [2.24, 2.45) is 0 Å². The minimum atomic E-state index is -0.879. The fourth-order valence-electron chi connectivity index (χ4n) is 3.59. The molecule has 0 bridgehead atoms. The summed E-state index contributed by atoms with van der Waals surface area (Å²) in [4.78, 5) is 15.2. The number of nitrogens with one attached hydrogen (secondary N) is 1. The molecule has 1 aromatic heterocycles. The third kappa shape index (κ3) is 2.08. The maximum absolute atomic E-state index is 11.8. The molecule has 4 rings (SSSR count). The van der Waals surface area contributed by atoms with E-state index < -0.39 is 5.97 Å². The van der Waals surface area contributed by atoms with Gasteiger partial charge in [0.2, 0.25) is 0 Å². The van der Waals surface area contributed by atoms with Crippen molar-refractivity contribution in [1.82, 2.24) is 4.98 Å². The van der Waals surface area contributed by atoms with Crippen molar-refractivity contribution in [2.45, 2.75) is 19.3 Å². The Morgan fingerprint density at radius 2 is 1.87 bits per heavy atom. The molecule has 2 N–H and O–H groups in total. The Morgan fingerprint density at radius 1 is 1.13 bits per heavy atom. The van der Waals surface area contributed by atoms with E-state index in [9.17, 15) is 9.90 Å². The van der Waals surface area contributed by atoms with Crippen LogP contribution in [0.25, 0.3) is 16.5 Å². The van der Waals surface area contributed by atoms with Crippen LogP contribution in [0.15, 0.2) is 54.6 Å². The molecule has 3 heteroatoms. The number of aromatic amines is 1. The lowest BCUT2D eigenvalue weighted by atomic mass is 9.90. The Kier molecular flexibility index (Phi) is 3.08. The van der Waals surface area contributed by atoms with Gasteiger partial charge in [-0.15, -0.1) is 0 Å². The molecule has 0 saturated carbocycles. The molecule has 0 fully saturated rings. The predicted octanol–water partition coefficient (Wildman–Crippen LogP) is 4.61. The maximum atomic E-state index is 11.8. The van der Waals surface area contributed by atoms with Gasteiger partial charge in [-0.1, -0.05) is 55.5 Å². The van der Waals surface area contributed by atoms with Gasteiger partial charge in [0.25, 0.3) is 0 Å². The van der Waals surface area contributed by atoms with Crippen LogP contribution in [-0.2, 0) is 6.42 Å². The van der Waals surface area contributed by atoms with E-state index in [4.69, 9.17) is 0 Å². The van der Waals surface area contributed by atoms with E-state index in [1.807, 2.05) is 36.4 Å². The predicted molar refractivity (Wildman–Crippen MR) is 91.8 cm³/mol. The fraction of sp³-hybridized carbons (Fsp3) is 0.150. The molecule has 1 unspecified atom stereocenters. The first-order valence-corrected chi connectivity index (χ1v) is 7.79. The van der Waals surface area contributed by atoms with Crippen molar-refractivity contribution >= 4 is 22.4 Å². The van der Waals surface area contributed by atoms with Gasteiger partial charge in [-0.2, -0.15) is 0 Å². The summed E-state index contributed by atoms with van der Waals surface area (Å²) in [5, 5.41) is 10.5. The summed E-state index contributed by atoms with van der Waals surface area (Å²) in [5.41, 5.74) is 5.78. The molecule has 3 aromatic rings. The molecule has 2 aromatic carbocycles. The van der Waals surface area contributed by atoms with Crippen molar-refractivity contribution in [3.05, 3.63) is 77.0 Å². The summed E-state index contributed by atoms with van der Waals surface area (Å²) < 4.78 is 0. The third-order valence-corrected chi connectivity index (χ3v) is 4.72. The van der Waals surface area contributed by atoms with Gasteiger partial charge < -0.3 is 10.1 Å². The molecule has 0 spiro atoms. The maximum Gasteiger partial charge on any atom is 0.338 e. The zero-order valence-electron chi connectivity index (χ0n) is 12.8. The quantitative estimate of drug-likeness (QED) is 0.742. The van der Waals surface area contributed by atoms with E-state index in [-0.39, 0.29) is 5.92 Å². The summed E-state index contributed by atoms with van der Waals surface area (Å²) in [6.45, 7) is 2.07. The van der Waals surface area contributed by atoms with E-state index in [2.05, 4.69) is 30.1 Å². The molecule has 1 aliphatic carbocycles. The lowest BCUT2D eigenvalue weighted by Gasteiger charge is -2.15. The normalized spacial score (nSPS) is 14.6. The van der Waals surface area contributed by atoms with Gasteiger partial charge in [-0.3, -0.25) is 0 Å². The Labute approximate surface area is 134 Å². The van der Waals surface area contributed by atoms with Crippen LogP contribution in [0.3, 0.4) is 0 Å². The van der Waals surface area contributed by atoms with Crippen LogP contribution in [0.4, 0.5) is 0 Å². The van der Waals surface area contributed by atoms with Crippen molar-refractivity contribution < 1.29 is 9.90 Å². The van der Waals surface area contributed by atoms with E-state index in [1.165, 1.54) is 16.7 Å². The molecular weight excluding hydrogens is 286 g/mol. The molecule has 0 aliphatic heterocycles. The van der Waals surface area contributed by atoms with Gasteiger partial charge in [-0.25, -0.2) is 4.79 Å². The van der Waals surface area contributed by atoms with Crippen molar-refractivity contribution in [3.8, 4) is 0 Å². The minimum absolute atomic E-state index is 0.0112. The number of aromatic nitrogens is 1. The number of H-pyrrole nitrogens is 1. The van der Waals surface area contributed by atoms with Crippen LogP contribution in [0.2, 0.25) is 0 Å². The van der Waals surface area contributed by atoms with E-state index in [1.54, 1.807) is 0 Å². The molecule has 3 nitrogen and oxygen atoms in total. The Hall–Kier alpha value is -2.81. The van der Waals surface area contributed by atoms with Gasteiger partial charge in [0.15, 0.2) is 0 Å². The fourth-order valence-corrected chi connectivity index (χ4v) is 3.59. The van der Waals surface area contributed by atoms with Crippen LogP contribution < -0.4 is 0 Å². The molecular formula is C20H17NO2. The van der Waals surface area contributed by atoms with Crippen LogP contribution in [0.1, 0.15) is 40.0 Å². The number of carboxylic acids is 1. The average molecular weight is 303 g/mol. The molecule has 0 saturated heterocycles. The highest BCUT2D eigenvalue weighted by Crippen LogP contribution is 2.40. The van der Waals surface area contributed by atoms with Crippen LogP contribution in [-0.4, -0.2) is 16.1 Å². The lowest BCUT2D eigenvalue weighted by molar-refractivity contribution is 0.0697. The van der Waals surface area contributed by atoms with Gasteiger partial charge in [0.1, 0.15) is 0 Å². The number of carboxylic acid groups (broad SMARTS) is 1. The second-order valence-corrected chi connectivity index (χ2v) is 6.01. The SMILES string of the molecule is CC(C1=CCc2ccccc21)c1[nH]c2ccccc2c1C(=O)O. The third-order valence-electron chi connectivity index (χ3n) is 4.72. The Balaban J connectivity index is 1.87. The van der Waals surface area contributed by atoms with Crippen molar-refractivity contribution in [2.75, 3.05) is 0 Å². The molecule has 114 valence electrons. The van der Waals surface area contributed by atoms with Crippen LogP contribution >= 0.6 is 0 Å². The first-order chi connectivity index (χ1) is 11.2. The monoisotopic (exact) mass is 303 g/mol. The first kappa shape index (κ1) is 13.8. The van der Waals surface area contributed by atoms with Gasteiger partial charge in [0, 0.05) is 22.5 Å². The van der Waals surface area contributed by atoms with E-state index in [0.717, 1.165) is 23.0 Å². The topological polar surface area (TPSA) is 53.1 Å². The summed E-state index contributed by atoms with van der Waals surface area (Å²) >= 11 is 0. The smallest absolute Gasteiger partial charge is 0.338 e. The molecule has 1 atom stereocenters. The van der Waals surface area contributed by atoms with Gasteiger partial charge in [-0.05, 0) is 29.2 Å². The number of aromatic carboxylic acids is 1. The second kappa shape index (κ2) is 5.13. The Bertz CT molecular complexity index is 949. The first-order valence-electron chi connectivity index (χ1n) is 7.79. The highest BCUT2D eigenvalue weighted by atomic mass is 16.4. The molecule has 1 aliphatic rings. The number of hydrogen-bond donors (Lipinski definition) is 2. The highest BCUT2D eigenvalue weighted by molar-refractivity contribution is 6.05. The zero-order valence-corrected chi connectivity index (χ0v) is 12.8. The summed E-state index contributed by atoms with van der Waals surface area (Å²) in [6, 6.07) is 15.9. The lowest BCUT2D eigenvalue weighted by Crippen LogP contribution is -2.05. The van der Waals surface area contributed by atoms with Crippen molar-refractivity contribution in [3.63, 3.8) is 0 Å². The summed E-state index contributed by atoms with van der Waals surface area (Å²) in [6.07, 6.45) is 3.13. The number of fused-ring (bicyclic) bond motifs is 2. The van der Waals surface area contributed by atoms with Crippen molar-refractivity contribution in [1.29, 1.82) is 0 Å². The number of benzene rings is 2. The zero-order chi connectivity index (χ0) is 16.0. The molecule has 0 radical (unpaired) electrons. The highest BCUT2D eigenvalue weighted by Gasteiger charge is 2.26. The average Bonchev–Trinajstić information content (AvgIpc) is 3.15. The van der Waals surface area contributed by atoms with Crippen LogP contribution in [0, 0.1) is 0 Å². The number of allylic oxidation sites excluding steroid dienone is 2. The molecule has 0 amide bonds.